The molecule has 0 saturated carbocycles. The summed E-state index contributed by atoms with van der Waals surface area (Å²) in [5.74, 6) is -0.739. The highest BCUT2D eigenvalue weighted by molar-refractivity contribution is 5.78. The summed E-state index contributed by atoms with van der Waals surface area (Å²) in [6, 6.07) is 0. The Morgan fingerprint density at radius 1 is 1.86 bits per heavy atom. The van der Waals surface area contributed by atoms with Crippen LogP contribution in [0.3, 0.4) is 0 Å². The third kappa shape index (κ3) is 3.11. The van der Waals surface area contributed by atoms with Crippen LogP contribution in [0.25, 0.3) is 0 Å². The summed E-state index contributed by atoms with van der Waals surface area (Å²) in [7, 11) is 1.76. The van der Waals surface area contributed by atoms with E-state index in [1.807, 2.05) is 0 Å². The fraction of sp³-hybridized carbons (Fsp3) is 0.571. The summed E-state index contributed by atoms with van der Waals surface area (Å²) in [6.07, 6.45) is 0.579. The lowest BCUT2D eigenvalue weighted by molar-refractivity contribution is -0.125. The molecular weight excluding hydrogens is 186 g/mol. The Bertz CT molecular complexity index is 311. The Balaban J connectivity index is 2.25. The fourth-order valence-corrected chi connectivity index (χ4v) is 0.914. The molecule has 1 aromatic rings. The molecule has 0 spiro atoms. The molecule has 7 heteroatoms. The SMILES string of the molecule is Cn1cc(CNCC(O)C(N)=O)nn1. The van der Waals surface area contributed by atoms with E-state index in [4.69, 9.17) is 10.8 Å². The van der Waals surface area contributed by atoms with Crippen LogP contribution >= 0.6 is 0 Å². The number of primary amides is 1. The summed E-state index contributed by atoms with van der Waals surface area (Å²) in [5, 5.41) is 19.4. The van der Waals surface area contributed by atoms with E-state index in [9.17, 15) is 4.79 Å². The quantitative estimate of drug-likeness (QED) is 0.496. The van der Waals surface area contributed by atoms with Crippen molar-refractivity contribution >= 4 is 5.91 Å². The van der Waals surface area contributed by atoms with Crippen LogP contribution < -0.4 is 11.1 Å². The number of aromatic nitrogens is 3. The average Bonchev–Trinajstić information content (AvgIpc) is 2.51. The van der Waals surface area contributed by atoms with Gasteiger partial charge in [0.15, 0.2) is 0 Å². The number of aryl methyl sites for hydroxylation is 1. The van der Waals surface area contributed by atoms with Crippen molar-refractivity contribution in [2.24, 2.45) is 12.8 Å². The normalized spacial score (nSPS) is 12.7. The fourth-order valence-electron chi connectivity index (χ4n) is 0.914. The Morgan fingerprint density at radius 3 is 3.07 bits per heavy atom. The van der Waals surface area contributed by atoms with Gasteiger partial charge in [-0.05, 0) is 0 Å². The van der Waals surface area contributed by atoms with Crippen LogP contribution in [0.5, 0.6) is 0 Å². The second kappa shape index (κ2) is 4.68. The number of aliphatic hydroxyl groups excluding tert-OH is 1. The lowest BCUT2D eigenvalue weighted by atomic mass is 10.3. The number of hydrogen-bond acceptors (Lipinski definition) is 5. The zero-order chi connectivity index (χ0) is 10.6. The van der Waals surface area contributed by atoms with Gasteiger partial charge in [0.05, 0.1) is 5.69 Å². The first-order valence-electron chi connectivity index (χ1n) is 4.13. The van der Waals surface area contributed by atoms with E-state index < -0.39 is 12.0 Å². The van der Waals surface area contributed by atoms with Crippen molar-refractivity contribution in [1.29, 1.82) is 0 Å². The molecule has 1 aromatic heterocycles. The van der Waals surface area contributed by atoms with Gasteiger partial charge < -0.3 is 16.2 Å². The summed E-state index contributed by atoms with van der Waals surface area (Å²) in [4.78, 5) is 10.4. The van der Waals surface area contributed by atoms with Gasteiger partial charge in [-0.25, -0.2) is 0 Å². The van der Waals surface area contributed by atoms with Crippen molar-refractivity contribution in [3.05, 3.63) is 11.9 Å². The molecule has 1 heterocycles. The van der Waals surface area contributed by atoms with Crippen molar-refractivity contribution in [3.63, 3.8) is 0 Å². The van der Waals surface area contributed by atoms with Gasteiger partial charge in [0.1, 0.15) is 6.10 Å². The topological polar surface area (TPSA) is 106 Å². The Morgan fingerprint density at radius 2 is 2.57 bits per heavy atom. The zero-order valence-corrected chi connectivity index (χ0v) is 7.84. The number of carbonyl (C=O) groups is 1. The second-order valence-electron chi connectivity index (χ2n) is 2.93. The van der Waals surface area contributed by atoms with Crippen LogP contribution in [-0.2, 0) is 18.4 Å². The van der Waals surface area contributed by atoms with Crippen LogP contribution in [0, 0.1) is 0 Å². The number of nitrogens with two attached hydrogens (primary N) is 1. The molecule has 7 nitrogen and oxygen atoms in total. The molecule has 1 unspecified atom stereocenters. The van der Waals surface area contributed by atoms with Gasteiger partial charge >= 0.3 is 0 Å². The first-order chi connectivity index (χ1) is 6.59. The summed E-state index contributed by atoms with van der Waals surface area (Å²) < 4.78 is 1.57. The summed E-state index contributed by atoms with van der Waals surface area (Å²) in [5.41, 5.74) is 5.60. The molecule has 4 N–H and O–H groups in total. The number of rotatable bonds is 5. The Labute approximate surface area is 80.9 Å². The number of hydrogen-bond donors (Lipinski definition) is 3. The van der Waals surface area contributed by atoms with Crippen molar-refractivity contribution in [3.8, 4) is 0 Å². The molecule has 14 heavy (non-hydrogen) atoms. The molecule has 0 fully saturated rings. The molecule has 1 amide bonds. The number of aliphatic hydroxyl groups is 1. The lowest BCUT2D eigenvalue weighted by Gasteiger charge is -2.05. The first kappa shape index (κ1) is 10.6. The highest BCUT2D eigenvalue weighted by atomic mass is 16.3. The Kier molecular flexibility index (Phi) is 3.55. The van der Waals surface area contributed by atoms with E-state index in [0.717, 1.165) is 5.69 Å². The highest BCUT2D eigenvalue weighted by Crippen LogP contribution is 1.89. The molecule has 0 radical (unpaired) electrons. The van der Waals surface area contributed by atoms with E-state index in [1.165, 1.54) is 0 Å². The van der Waals surface area contributed by atoms with Gasteiger partial charge in [0, 0.05) is 26.3 Å². The maximum Gasteiger partial charge on any atom is 0.247 e. The molecular formula is C7H13N5O2. The predicted molar refractivity (Wildman–Crippen MR) is 47.9 cm³/mol. The smallest absolute Gasteiger partial charge is 0.247 e. The van der Waals surface area contributed by atoms with Gasteiger partial charge in [-0.3, -0.25) is 9.48 Å². The average molecular weight is 199 g/mol. The van der Waals surface area contributed by atoms with Crippen molar-refractivity contribution in [1.82, 2.24) is 20.3 Å². The molecule has 0 aliphatic rings. The monoisotopic (exact) mass is 199 g/mol. The maximum absolute atomic E-state index is 10.4. The molecule has 0 aliphatic heterocycles. The van der Waals surface area contributed by atoms with Crippen LogP contribution in [-0.4, -0.2) is 38.7 Å². The standard InChI is InChI=1S/C7H13N5O2/c1-12-4-5(10-11-12)2-9-3-6(13)7(8)14/h4,6,9,13H,2-3H2,1H3,(H2,8,14). The van der Waals surface area contributed by atoms with Crippen molar-refractivity contribution in [2.45, 2.75) is 12.6 Å². The van der Waals surface area contributed by atoms with E-state index in [-0.39, 0.29) is 6.54 Å². The second-order valence-corrected chi connectivity index (χ2v) is 2.93. The van der Waals surface area contributed by atoms with Crippen LogP contribution in [0.2, 0.25) is 0 Å². The van der Waals surface area contributed by atoms with Crippen LogP contribution in [0.1, 0.15) is 5.69 Å². The van der Waals surface area contributed by atoms with Gasteiger partial charge in [0.25, 0.3) is 0 Å². The molecule has 0 bridgehead atoms. The van der Waals surface area contributed by atoms with Gasteiger partial charge in [-0.1, -0.05) is 5.21 Å². The molecule has 0 saturated heterocycles. The number of nitrogens with zero attached hydrogens (tertiary/aromatic N) is 3. The van der Waals surface area contributed by atoms with E-state index >= 15 is 0 Å². The predicted octanol–water partition coefficient (Wildman–Crippen LogP) is -2.25. The molecule has 78 valence electrons. The number of amides is 1. The molecule has 0 aromatic carbocycles. The summed E-state index contributed by atoms with van der Waals surface area (Å²) in [6.45, 7) is 0.560. The van der Waals surface area contributed by atoms with E-state index in [0.29, 0.717) is 6.54 Å². The minimum atomic E-state index is -1.16. The maximum atomic E-state index is 10.4. The Hall–Kier alpha value is -1.47. The van der Waals surface area contributed by atoms with Crippen LogP contribution in [0.4, 0.5) is 0 Å². The van der Waals surface area contributed by atoms with Crippen molar-refractivity contribution < 1.29 is 9.90 Å². The van der Waals surface area contributed by atoms with Gasteiger partial charge in [0.2, 0.25) is 5.91 Å². The molecule has 1 atom stereocenters. The van der Waals surface area contributed by atoms with Crippen molar-refractivity contribution in [2.75, 3.05) is 6.54 Å². The van der Waals surface area contributed by atoms with E-state index in [1.54, 1.807) is 17.9 Å². The van der Waals surface area contributed by atoms with Crippen LogP contribution in [0.15, 0.2) is 6.20 Å². The minimum Gasteiger partial charge on any atom is -0.382 e. The first-order valence-corrected chi connectivity index (χ1v) is 4.13. The van der Waals surface area contributed by atoms with Gasteiger partial charge in [-0.15, -0.1) is 5.10 Å². The van der Waals surface area contributed by atoms with Gasteiger partial charge in [-0.2, -0.15) is 0 Å². The lowest BCUT2D eigenvalue weighted by Crippen LogP contribution is -2.37. The third-order valence-electron chi connectivity index (χ3n) is 1.62. The molecule has 0 aliphatic carbocycles. The number of carbonyl (C=O) groups excluding carboxylic acids is 1. The zero-order valence-electron chi connectivity index (χ0n) is 7.84. The molecule has 1 rings (SSSR count). The van der Waals surface area contributed by atoms with E-state index in [2.05, 4.69) is 15.6 Å². The highest BCUT2D eigenvalue weighted by Gasteiger charge is 2.09. The third-order valence-corrected chi connectivity index (χ3v) is 1.62. The summed E-state index contributed by atoms with van der Waals surface area (Å²) >= 11 is 0. The largest absolute Gasteiger partial charge is 0.382 e. The minimum absolute atomic E-state index is 0.117. The number of nitrogens with one attached hydrogen (secondary N) is 1.